The Morgan fingerprint density at radius 3 is 2.60 bits per heavy atom. The largest absolute Gasteiger partial charge is 0.466 e. The average Bonchev–Trinajstić information content (AvgIpc) is 3.34. The first-order chi connectivity index (χ1) is 20.6. The molecule has 1 amide bonds. The molecule has 1 aliphatic carbocycles. The Morgan fingerprint density at radius 2 is 1.84 bits per heavy atom. The average molecular weight is 611 g/mol. The van der Waals surface area contributed by atoms with E-state index in [0.717, 1.165) is 43.6 Å². The van der Waals surface area contributed by atoms with Gasteiger partial charge in [-0.3, -0.25) is 4.79 Å². The molecule has 1 fully saturated rings. The van der Waals surface area contributed by atoms with Crippen molar-refractivity contribution in [3.05, 3.63) is 64.3 Å². The number of anilines is 1. The van der Waals surface area contributed by atoms with Gasteiger partial charge in [0.05, 0.1) is 17.1 Å². The first-order valence-corrected chi connectivity index (χ1v) is 18.4. The van der Waals surface area contributed by atoms with Gasteiger partial charge in [0.25, 0.3) is 5.91 Å². The van der Waals surface area contributed by atoms with Crippen molar-refractivity contribution in [2.75, 3.05) is 18.1 Å². The van der Waals surface area contributed by atoms with Crippen LogP contribution in [-0.2, 0) is 22.8 Å². The molecule has 9 nitrogen and oxygen atoms in total. The van der Waals surface area contributed by atoms with Crippen LogP contribution in [0.15, 0.2) is 45.7 Å². The van der Waals surface area contributed by atoms with Gasteiger partial charge in [-0.1, -0.05) is 19.6 Å². The fourth-order valence-electron chi connectivity index (χ4n) is 6.03. The molecule has 43 heavy (non-hydrogen) atoms. The smallest absolute Gasteiger partial charge is 0.345 e. The van der Waals surface area contributed by atoms with Crippen LogP contribution in [0.5, 0.6) is 5.88 Å². The third kappa shape index (κ3) is 6.22. The maximum atomic E-state index is 14.3. The summed E-state index contributed by atoms with van der Waals surface area (Å²) in [6.07, 6.45) is 4.16. The summed E-state index contributed by atoms with van der Waals surface area (Å²) in [5.41, 5.74) is 1.68. The Bertz CT molecular complexity index is 1730. The molecule has 12 heteroatoms. The summed E-state index contributed by atoms with van der Waals surface area (Å²) in [7, 11) is -1.30. The Morgan fingerprint density at radius 1 is 1.05 bits per heavy atom. The third-order valence-electron chi connectivity index (χ3n) is 8.31. The minimum atomic E-state index is -1.30. The van der Waals surface area contributed by atoms with E-state index in [4.69, 9.17) is 13.9 Å². The number of rotatable bonds is 9. The van der Waals surface area contributed by atoms with E-state index in [-0.39, 0.29) is 37.2 Å². The molecule has 0 atom stereocenters. The van der Waals surface area contributed by atoms with Crippen molar-refractivity contribution in [3.8, 4) is 5.88 Å². The molecule has 228 valence electrons. The number of fused-ring (bicyclic) bond motifs is 4. The minimum absolute atomic E-state index is 0.0751. The van der Waals surface area contributed by atoms with E-state index in [1.165, 1.54) is 24.3 Å². The summed E-state index contributed by atoms with van der Waals surface area (Å²) in [6.45, 7) is 8.05. The van der Waals surface area contributed by atoms with Crippen molar-refractivity contribution < 1.29 is 27.5 Å². The lowest BCUT2D eigenvalue weighted by molar-refractivity contribution is -0.122. The fourth-order valence-corrected chi connectivity index (χ4v) is 6.79. The standard InChI is InChI=1S/C31H36F2N4O5Si/c1-43(2,3)11-10-40-18-36-23(14-25-29(36)24-12-19(32)4-9-27(24)42-31(25)39)16-34-21-5-7-22(8-6-21)37-26-13-20(33)15-35-30(26)41-17-28(37)38/h4,9,12-15,21-22,34H,5-8,10-11,16-18H2,1-3H3/t21-,22-. The molecule has 6 rings (SSSR count). The van der Waals surface area contributed by atoms with Crippen molar-refractivity contribution >= 4 is 41.5 Å². The molecular formula is C31H36F2N4O5Si. The highest BCUT2D eigenvalue weighted by molar-refractivity contribution is 6.76. The molecule has 2 aliphatic rings. The van der Waals surface area contributed by atoms with E-state index >= 15 is 0 Å². The van der Waals surface area contributed by atoms with Gasteiger partial charge in [0, 0.05) is 50.5 Å². The van der Waals surface area contributed by atoms with E-state index in [2.05, 4.69) is 29.9 Å². The van der Waals surface area contributed by atoms with Gasteiger partial charge < -0.3 is 28.7 Å². The zero-order chi connectivity index (χ0) is 30.3. The highest BCUT2D eigenvalue weighted by atomic mass is 28.3. The number of hydrogen-bond acceptors (Lipinski definition) is 7. The highest BCUT2D eigenvalue weighted by Crippen LogP contribution is 2.36. The van der Waals surface area contributed by atoms with Gasteiger partial charge >= 0.3 is 5.63 Å². The molecule has 0 bridgehead atoms. The predicted octanol–water partition coefficient (Wildman–Crippen LogP) is 5.56. The van der Waals surface area contributed by atoms with Crippen molar-refractivity contribution in [2.24, 2.45) is 0 Å². The number of carbonyl (C=O) groups is 1. The lowest BCUT2D eigenvalue weighted by Gasteiger charge is -2.39. The topological polar surface area (TPSA) is 98.8 Å². The number of pyridine rings is 1. The summed E-state index contributed by atoms with van der Waals surface area (Å²) >= 11 is 0. The van der Waals surface area contributed by atoms with Crippen LogP contribution in [0.25, 0.3) is 21.9 Å². The van der Waals surface area contributed by atoms with Crippen LogP contribution in [0, 0.1) is 11.6 Å². The maximum absolute atomic E-state index is 14.3. The first-order valence-electron chi connectivity index (χ1n) is 14.7. The fraction of sp³-hybridized carbons (Fsp3) is 0.452. The Kier molecular flexibility index (Phi) is 8.09. The van der Waals surface area contributed by atoms with E-state index in [1.54, 1.807) is 11.0 Å². The molecule has 0 spiro atoms. The molecule has 0 radical (unpaired) electrons. The van der Waals surface area contributed by atoms with E-state index in [1.807, 2.05) is 4.57 Å². The third-order valence-corrected chi connectivity index (χ3v) is 10.0. The second kappa shape index (κ2) is 11.8. The van der Waals surface area contributed by atoms with Gasteiger partial charge in [0.2, 0.25) is 5.88 Å². The van der Waals surface area contributed by atoms with E-state index in [9.17, 15) is 18.4 Å². The van der Waals surface area contributed by atoms with E-state index in [0.29, 0.717) is 40.7 Å². The van der Waals surface area contributed by atoms with Crippen LogP contribution in [0.4, 0.5) is 14.5 Å². The summed E-state index contributed by atoms with van der Waals surface area (Å²) in [4.78, 5) is 31.3. The van der Waals surface area contributed by atoms with Crippen molar-refractivity contribution in [1.82, 2.24) is 14.9 Å². The molecule has 1 N–H and O–H groups in total. The Labute approximate surface area is 248 Å². The Balaban J connectivity index is 1.20. The number of carbonyl (C=O) groups excluding carboxylic acids is 1. The zero-order valence-electron chi connectivity index (χ0n) is 24.6. The SMILES string of the molecule is C[Si](C)(C)CCOCn1c(CN[C@H]2CC[C@H](N3C(=O)COc4ncc(F)cc43)CC2)cc2c(=O)oc3ccc(F)cc3c21. The molecule has 1 aromatic carbocycles. The molecule has 1 aliphatic heterocycles. The van der Waals surface area contributed by atoms with Gasteiger partial charge in [0.1, 0.15) is 29.6 Å². The lowest BCUT2D eigenvalue weighted by Crippen LogP contribution is -2.49. The molecule has 0 saturated heterocycles. The highest BCUT2D eigenvalue weighted by Gasteiger charge is 2.35. The van der Waals surface area contributed by atoms with Gasteiger partial charge in [-0.25, -0.2) is 18.6 Å². The van der Waals surface area contributed by atoms with Gasteiger partial charge in [-0.15, -0.1) is 0 Å². The number of ether oxygens (including phenoxy) is 2. The minimum Gasteiger partial charge on any atom is -0.466 e. The number of amides is 1. The summed E-state index contributed by atoms with van der Waals surface area (Å²) in [5.74, 6) is -0.844. The number of halogens is 2. The number of nitrogens with zero attached hydrogens (tertiary/aromatic N) is 3. The van der Waals surface area contributed by atoms with Crippen LogP contribution in [0.1, 0.15) is 31.4 Å². The maximum Gasteiger partial charge on any atom is 0.345 e. The van der Waals surface area contributed by atoms with Gasteiger partial charge in [-0.2, -0.15) is 0 Å². The van der Waals surface area contributed by atoms with Crippen LogP contribution in [0.3, 0.4) is 0 Å². The summed E-state index contributed by atoms with van der Waals surface area (Å²) in [5, 5.41) is 4.53. The summed E-state index contributed by atoms with van der Waals surface area (Å²) < 4.78 is 47.2. The number of hydrogen-bond donors (Lipinski definition) is 1. The van der Waals surface area contributed by atoms with Crippen molar-refractivity contribution in [2.45, 2.75) is 76.7 Å². The summed E-state index contributed by atoms with van der Waals surface area (Å²) in [6, 6.07) is 8.36. The second-order valence-corrected chi connectivity index (χ2v) is 18.2. The van der Waals surface area contributed by atoms with E-state index < -0.39 is 25.3 Å². The monoisotopic (exact) mass is 610 g/mol. The quantitative estimate of drug-likeness (QED) is 0.151. The number of aromatic nitrogens is 2. The molecule has 3 aromatic heterocycles. The molecular weight excluding hydrogens is 574 g/mol. The van der Waals surface area contributed by atoms with Crippen molar-refractivity contribution in [3.63, 3.8) is 0 Å². The van der Waals surface area contributed by atoms with Crippen LogP contribution in [-0.4, -0.2) is 48.8 Å². The molecule has 4 heterocycles. The van der Waals surface area contributed by atoms with Crippen LogP contribution in [0.2, 0.25) is 25.7 Å². The van der Waals surface area contributed by atoms with Gasteiger partial charge in [0.15, 0.2) is 6.61 Å². The van der Waals surface area contributed by atoms with Crippen LogP contribution >= 0.6 is 0 Å². The van der Waals surface area contributed by atoms with Crippen LogP contribution < -0.4 is 20.6 Å². The van der Waals surface area contributed by atoms with Crippen molar-refractivity contribution in [1.29, 1.82) is 0 Å². The molecule has 4 aromatic rings. The first kappa shape index (κ1) is 29.5. The second-order valence-electron chi connectivity index (χ2n) is 12.6. The number of benzene rings is 1. The molecule has 0 unspecified atom stereocenters. The number of nitrogens with one attached hydrogen (secondary N) is 1. The molecule has 1 saturated carbocycles. The zero-order valence-corrected chi connectivity index (χ0v) is 25.6. The lowest BCUT2D eigenvalue weighted by atomic mass is 9.89. The van der Waals surface area contributed by atoms with Gasteiger partial charge in [-0.05, 0) is 56.0 Å². The normalized spacial score (nSPS) is 19.2. The predicted molar refractivity (Wildman–Crippen MR) is 162 cm³/mol. The Hall–Kier alpha value is -3.61.